The van der Waals surface area contributed by atoms with E-state index in [-0.39, 0.29) is 6.03 Å². The van der Waals surface area contributed by atoms with Crippen molar-refractivity contribution in [1.29, 1.82) is 0 Å². The fourth-order valence-corrected chi connectivity index (χ4v) is 2.30. The molecule has 0 fully saturated rings. The van der Waals surface area contributed by atoms with Gasteiger partial charge < -0.3 is 20.1 Å². The number of carbonyl (C=O) groups is 1. The summed E-state index contributed by atoms with van der Waals surface area (Å²) in [5.74, 6) is 1.89. The smallest absolute Gasteiger partial charge is 0.319 e. The van der Waals surface area contributed by atoms with Crippen LogP contribution in [0.3, 0.4) is 0 Å². The number of carbonyl (C=O) groups excluding carboxylic acids is 1. The molecule has 0 atom stereocenters. The van der Waals surface area contributed by atoms with Crippen LogP contribution < -0.4 is 20.1 Å². The van der Waals surface area contributed by atoms with E-state index in [4.69, 9.17) is 9.47 Å². The van der Waals surface area contributed by atoms with Crippen molar-refractivity contribution >= 4 is 23.5 Å². The maximum absolute atomic E-state index is 11.9. The van der Waals surface area contributed by atoms with Crippen LogP contribution in [0, 0.1) is 0 Å². The van der Waals surface area contributed by atoms with Gasteiger partial charge in [-0.2, -0.15) is 10.3 Å². The Labute approximate surface area is 132 Å². The van der Waals surface area contributed by atoms with Gasteiger partial charge >= 0.3 is 6.03 Å². The van der Waals surface area contributed by atoms with E-state index in [1.54, 1.807) is 38.6 Å². The van der Waals surface area contributed by atoms with Gasteiger partial charge in [-0.25, -0.2) is 4.79 Å². The number of benzene rings is 1. The van der Waals surface area contributed by atoms with Crippen LogP contribution in [-0.4, -0.2) is 48.0 Å². The molecular weight excluding hydrogens is 306 g/mol. The lowest BCUT2D eigenvalue weighted by Crippen LogP contribution is -2.30. The molecule has 9 heteroatoms. The molecule has 118 valence electrons. The summed E-state index contributed by atoms with van der Waals surface area (Å²) < 4.78 is 10.3. The molecule has 2 aromatic rings. The lowest BCUT2D eigenvalue weighted by atomic mass is 10.2. The van der Waals surface area contributed by atoms with Gasteiger partial charge in [0.1, 0.15) is 16.5 Å². The number of nitrogens with one attached hydrogen (secondary N) is 3. The van der Waals surface area contributed by atoms with Crippen molar-refractivity contribution in [3.63, 3.8) is 0 Å². The fourth-order valence-electron chi connectivity index (χ4n) is 1.66. The average molecular weight is 323 g/mol. The number of ether oxygens (including phenoxy) is 2. The van der Waals surface area contributed by atoms with E-state index in [0.29, 0.717) is 29.5 Å². The molecular formula is C13H17N5O3S. The zero-order valence-electron chi connectivity index (χ0n) is 12.3. The average Bonchev–Trinajstić information content (AvgIpc) is 3.05. The standard InChI is InChI=1S/C13H17N5O3S/c1-20-9-3-4-11(21-2)10(7-9)16-13(19)14-5-6-22-12-8-15-18-17-12/h3-4,7-8H,5-6H2,1-2H3,(H2,14,16,19)(H,15,17,18). The van der Waals surface area contributed by atoms with Gasteiger partial charge in [-0.3, -0.25) is 0 Å². The van der Waals surface area contributed by atoms with Crippen molar-refractivity contribution in [1.82, 2.24) is 20.7 Å². The number of aromatic amines is 1. The van der Waals surface area contributed by atoms with E-state index in [2.05, 4.69) is 26.0 Å². The predicted molar refractivity (Wildman–Crippen MR) is 83.7 cm³/mol. The Morgan fingerprint density at radius 1 is 1.36 bits per heavy atom. The van der Waals surface area contributed by atoms with Gasteiger partial charge in [0.2, 0.25) is 0 Å². The Morgan fingerprint density at radius 2 is 2.23 bits per heavy atom. The molecule has 0 saturated heterocycles. The first-order chi connectivity index (χ1) is 10.7. The van der Waals surface area contributed by atoms with E-state index in [0.717, 1.165) is 5.03 Å². The highest BCUT2D eigenvalue weighted by Gasteiger charge is 2.08. The molecule has 3 N–H and O–H groups in total. The normalized spacial score (nSPS) is 10.1. The molecule has 22 heavy (non-hydrogen) atoms. The number of H-pyrrole nitrogens is 1. The van der Waals surface area contributed by atoms with Crippen LogP contribution in [0.25, 0.3) is 0 Å². The van der Waals surface area contributed by atoms with E-state index in [9.17, 15) is 4.79 Å². The molecule has 2 rings (SSSR count). The quantitative estimate of drug-likeness (QED) is 0.530. The monoisotopic (exact) mass is 323 g/mol. The number of hydrogen-bond acceptors (Lipinski definition) is 6. The molecule has 0 unspecified atom stereocenters. The number of rotatable bonds is 7. The van der Waals surface area contributed by atoms with Crippen LogP contribution in [0.4, 0.5) is 10.5 Å². The van der Waals surface area contributed by atoms with Gasteiger partial charge in [0, 0.05) is 18.4 Å². The number of aromatic nitrogens is 3. The molecule has 1 aromatic heterocycles. The van der Waals surface area contributed by atoms with Gasteiger partial charge in [0.15, 0.2) is 0 Å². The molecule has 2 amide bonds. The number of amides is 2. The number of anilines is 1. The Bertz CT molecular complexity index is 606. The topological polar surface area (TPSA) is 101 Å². The second-order valence-corrected chi connectivity index (χ2v) is 5.22. The van der Waals surface area contributed by atoms with E-state index < -0.39 is 0 Å². The Balaban J connectivity index is 1.81. The minimum Gasteiger partial charge on any atom is -0.497 e. The zero-order valence-corrected chi connectivity index (χ0v) is 13.1. The first-order valence-corrected chi connectivity index (χ1v) is 7.47. The highest BCUT2D eigenvalue weighted by molar-refractivity contribution is 7.99. The Kier molecular flexibility index (Phi) is 5.90. The van der Waals surface area contributed by atoms with E-state index in [1.807, 2.05) is 0 Å². The van der Waals surface area contributed by atoms with Crippen molar-refractivity contribution in [2.75, 3.05) is 31.8 Å². The second-order valence-electron chi connectivity index (χ2n) is 4.10. The third kappa shape index (κ3) is 4.55. The van der Waals surface area contributed by atoms with Gasteiger partial charge in [-0.15, -0.1) is 16.9 Å². The first kappa shape index (κ1) is 16.0. The Morgan fingerprint density at radius 3 is 2.91 bits per heavy atom. The fraction of sp³-hybridized carbons (Fsp3) is 0.308. The minimum absolute atomic E-state index is 0.313. The van der Waals surface area contributed by atoms with Crippen LogP contribution >= 0.6 is 11.8 Å². The van der Waals surface area contributed by atoms with Crippen LogP contribution in [-0.2, 0) is 0 Å². The lowest BCUT2D eigenvalue weighted by molar-refractivity contribution is 0.252. The molecule has 1 heterocycles. The summed E-state index contributed by atoms with van der Waals surface area (Å²) >= 11 is 1.50. The lowest BCUT2D eigenvalue weighted by Gasteiger charge is -2.12. The Hall–Kier alpha value is -2.42. The van der Waals surface area contributed by atoms with Crippen molar-refractivity contribution in [2.24, 2.45) is 0 Å². The molecule has 0 aliphatic heterocycles. The van der Waals surface area contributed by atoms with Crippen LogP contribution in [0.15, 0.2) is 29.4 Å². The minimum atomic E-state index is -0.313. The van der Waals surface area contributed by atoms with Gasteiger partial charge in [0.25, 0.3) is 0 Å². The van der Waals surface area contributed by atoms with Crippen LogP contribution in [0.1, 0.15) is 0 Å². The van der Waals surface area contributed by atoms with Crippen LogP contribution in [0.5, 0.6) is 11.5 Å². The summed E-state index contributed by atoms with van der Waals surface area (Å²) in [6, 6.07) is 4.88. The number of methoxy groups -OCH3 is 2. The second kappa shape index (κ2) is 8.13. The van der Waals surface area contributed by atoms with Crippen molar-refractivity contribution < 1.29 is 14.3 Å². The molecule has 0 saturated carbocycles. The molecule has 0 bridgehead atoms. The number of thioether (sulfide) groups is 1. The first-order valence-electron chi connectivity index (χ1n) is 6.48. The third-order valence-corrected chi connectivity index (χ3v) is 3.59. The maximum Gasteiger partial charge on any atom is 0.319 e. The molecule has 0 aliphatic carbocycles. The molecule has 0 radical (unpaired) electrons. The van der Waals surface area contributed by atoms with Gasteiger partial charge in [0.05, 0.1) is 26.1 Å². The summed E-state index contributed by atoms with van der Waals surface area (Å²) in [6.07, 6.45) is 1.63. The zero-order chi connectivity index (χ0) is 15.8. The number of urea groups is 1. The maximum atomic E-state index is 11.9. The SMILES string of the molecule is COc1ccc(OC)c(NC(=O)NCCSc2cn[nH]n2)c1. The van der Waals surface area contributed by atoms with Gasteiger partial charge in [-0.05, 0) is 12.1 Å². The van der Waals surface area contributed by atoms with Crippen molar-refractivity contribution in [2.45, 2.75) is 5.03 Å². The molecule has 1 aromatic carbocycles. The highest BCUT2D eigenvalue weighted by atomic mass is 32.2. The molecule has 0 aliphatic rings. The highest BCUT2D eigenvalue weighted by Crippen LogP contribution is 2.28. The summed E-state index contributed by atoms with van der Waals surface area (Å²) in [4.78, 5) is 11.9. The van der Waals surface area contributed by atoms with Gasteiger partial charge in [-0.1, -0.05) is 0 Å². The van der Waals surface area contributed by atoms with Crippen molar-refractivity contribution in [3.05, 3.63) is 24.4 Å². The van der Waals surface area contributed by atoms with E-state index >= 15 is 0 Å². The summed E-state index contributed by atoms with van der Waals surface area (Å²) in [7, 11) is 3.10. The summed E-state index contributed by atoms with van der Waals surface area (Å²) in [5.41, 5.74) is 0.545. The van der Waals surface area contributed by atoms with E-state index in [1.165, 1.54) is 11.8 Å². The summed E-state index contributed by atoms with van der Waals surface area (Å²) in [6.45, 7) is 0.496. The van der Waals surface area contributed by atoms with Crippen molar-refractivity contribution in [3.8, 4) is 11.5 Å². The molecule has 8 nitrogen and oxygen atoms in total. The summed E-state index contributed by atoms with van der Waals surface area (Å²) in [5, 5.41) is 16.4. The molecule has 0 spiro atoms. The predicted octanol–water partition coefficient (Wildman–Crippen LogP) is 1.74. The number of hydrogen-bond donors (Lipinski definition) is 3. The number of nitrogens with zero attached hydrogens (tertiary/aromatic N) is 2. The largest absolute Gasteiger partial charge is 0.497 e. The third-order valence-electron chi connectivity index (χ3n) is 2.69. The van der Waals surface area contributed by atoms with Crippen LogP contribution in [0.2, 0.25) is 0 Å².